The molecular formula is C20H24F2N4O2S. The Morgan fingerprint density at radius 1 is 1.21 bits per heavy atom. The molecule has 3 rings (SSSR count). The number of carbonyl (C=O) groups is 2. The Morgan fingerprint density at radius 3 is 2.69 bits per heavy atom. The third-order valence-corrected chi connectivity index (χ3v) is 5.69. The Bertz CT molecular complexity index is 854. The van der Waals surface area contributed by atoms with Gasteiger partial charge in [-0.05, 0) is 44.9 Å². The van der Waals surface area contributed by atoms with E-state index in [1.807, 2.05) is 0 Å². The normalized spacial score (nSPS) is 17.1. The van der Waals surface area contributed by atoms with Crippen molar-refractivity contribution in [3.05, 3.63) is 46.5 Å². The lowest BCUT2D eigenvalue weighted by molar-refractivity contribution is 0.0943. The maximum atomic E-state index is 13.2. The standard InChI is InChI=1S/C20H24F2N4O2S/c1-13-5-2-3-7-26(13)8-4-6-23-19(28)17-12-29-20(24-17)25-18(27)14-9-15(21)11-16(22)10-14/h9-13H,2-8H2,1H3,(H,23,28)(H,24,25,27). The van der Waals surface area contributed by atoms with Crippen molar-refractivity contribution in [2.45, 2.75) is 38.6 Å². The largest absolute Gasteiger partial charge is 0.351 e. The average Bonchev–Trinajstić information content (AvgIpc) is 3.14. The summed E-state index contributed by atoms with van der Waals surface area (Å²) < 4.78 is 26.5. The molecule has 2 amide bonds. The number of amides is 2. The maximum absolute atomic E-state index is 13.2. The van der Waals surface area contributed by atoms with E-state index in [-0.39, 0.29) is 22.3 Å². The van der Waals surface area contributed by atoms with E-state index in [1.54, 1.807) is 0 Å². The Hall–Kier alpha value is -2.39. The van der Waals surface area contributed by atoms with E-state index in [4.69, 9.17) is 0 Å². The number of aromatic nitrogens is 1. The van der Waals surface area contributed by atoms with Crippen LogP contribution in [0.3, 0.4) is 0 Å². The highest BCUT2D eigenvalue weighted by Crippen LogP contribution is 2.18. The molecule has 1 aromatic heterocycles. The fraction of sp³-hybridized carbons (Fsp3) is 0.450. The number of nitrogens with one attached hydrogen (secondary N) is 2. The minimum atomic E-state index is -0.840. The van der Waals surface area contributed by atoms with Crippen LogP contribution in [0.2, 0.25) is 0 Å². The van der Waals surface area contributed by atoms with Crippen LogP contribution in [0.4, 0.5) is 13.9 Å². The van der Waals surface area contributed by atoms with Gasteiger partial charge in [-0.1, -0.05) is 6.42 Å². The molecule has 1 fully saturated rings. The Labute approximate surface area is 172 Å². The zero-order chi connectivity index (χ0) is 20.8. The lowest BCUT2D eigenvalue weighted by Crippen LogP contribution is -2.39. The molecule has 156 valence electrons. The molecule has 1 aliphatic rings. The van der Waals surface area contributed by atoms with Crippen LogP contribution >= 0.6 is 11.3 Å². The third-order valence-electron chi connectivity index (χ3n) is 4.93. The van der Waals surface area contributed by atoms with Gasteiger partial charge in [-0.2, -0.15) is 0 Å². The van der Waals surface area contributed by atoms with Gasteiger partial charge in [-0.25, -0.2) is 13.8 Å². The van der Waals surface area contributed by atoms with Gasteiger partial charge in [0, 0.05) is 36.1 Å². The van der Waals surface area contributed by atoms with E-state index in [1.165, 1.54) is 24.6 Å². The molecule has 1 aliphatic heterocycles. The summed E-state index contributed by atoms with van der Waals surface area (Å²) in [6, 6.07) is 3.15. The molecule has 6 nitrogen and oxygen atoms in total. The van der Waals surface area contributed by atoms with Gasteiger partial charge >= 0.3 is 0 Å². The summed E-state index contributed by atoms with van der Waals surface area (Å²) in [4.78, 5) is 30.9. The van der Waals surface area contributed by atoms with Gasteiger partial charge in [-0.3, -0.25) is 14.9 Å². The summed E-state index contributed by atoms with van der Waals surface area (Å²) in [6.45, 7) is 4.84. The first kappa shape index (κ1) is 21.3. The number of likely N-dealkylation sites (tertiary alicyclic amines) is 1. The van der Waals surface area contributed by atoms with E-state index in [0.29, 0.717) is 18.7 Å². The first-order valence-corrected chi connectivity index (χ1v) is 10.6. The maximum Gasteiger partial charge on any atom is 0.270 e. The van der Waals surface area contributed by atoms with Crippen LogP contribution in [-0.2, 0) is 0 Å². The number of anilines is 1. The van der Waals surface area contributed by atoms with Gasteiger partial charge in [0.15, 0.2) is 5.13 Å². The van der Waals surface area contributed by atoms with E-state index >= 15 is 0 Å². The Morgan fingerprint density at radius 2 is 1.97 bits per heavy atom. The molecule has 0 aliphatic carbocycles. The molecule has 2 N–H and O–H groups in total. The van der Waals surface area contributed by atoms with E-state index in [2.05, 4.69) is 27.4 Å². The van der Waals surface area contributed by atoms with Gasteiger partial charge in [0.2, 0.25) is 0 Å². The van der Waals surface area contributed by atoms with Crippen molar-refractivity contribution < 1.29 is 18.4 Å². The van der Waals surface area contributed by atoms with Crippen LogP contribution in [0.5, 0.6) is 0 Å². The quantitative estimate of drug-likeness (QED) is 0.668. The van der Waals surface area contributed by atoms with Crippen LogP contribution in [0.15, 0.2) is 23.6 Å². The molecule has 29 heavy (non-hydrogen) atoms. The van der Waals surface area contributed by atoms with Crippen LogP contribution in [-0.4, -0.2) is 47.4 Å². The molecule has 1 atom stereocenters. The second kappa shape index (κ2) is 9.89. The molecular weight excluding hydrogens is 398 g/mol. The average molecular weight is 423 g/mol. The number of carbonyl (C=O) groups excluding carboxylic acids is 2. The van der Waals surface area contributed by atoms with Crippen molar-refractivity contribution in [3.8, 4) is 0 Å². The van der Waals surface area contributed by atoms with Crippen molar-refractivity contribution in [3.63, 3.8) is 0 Å². The smallest absolute Gasteiger partial charge is 0.270 e. The number of nitrogens with zero attached hydrogens (tertiary/aromatic N) is 2. The second-order valence-corrected chi connectivity index (χ2v) is 8.00. The predicted octanol–water partition coefficient (Wildman–Crippen LogP) is 3.67. The lowest BCUT2D eigenvalue weighted by Gasteiger charge is -2.33. The number of hydrogen-bond acceptors (Lipinski definition) is 5. The van der Waals surface area contributed by atoms with E-state index in [0.717, 1.165) is 43.0 Å². The highest BCUT2D eigenvalue weighted by atomic mass is 32.1. The molecule has 2 aromatic rings. The van der Waals surface area contributed by atoms with Gasteiger partial charge in [0.1, 0.15) is 17.3 Å². The van der Waals surface area contributed by atoms with Crippen molar-refractivity contribution in [2.75, 3.05) is 25.0 Å². The number of piperidine rings is 1. The predicted molar refractivity (Wildman–Crippen MR) is 108 cm³/mol. The van der Waals surface area contributed by atoms with Gasteiger partial charge in [0.05, 0.1) is 0 Å². The molecule has 2 heterocycles. The van der Waals surface area contributed by atoms with Crippen LogP contribution in [0.25, 0.3) is 0 Å². The second-order valence-electron chi connectivity index (χ2n) is 7.14. The first-order valence-electron chi connectivity index (χ1n) is 9.67. The molecule has 1 saturated heterocycles. The summed E-state index contributed by atoms with van der Waals surface area (Å²) in [6.07, 6.45) is 4.59. The van der Waals surface area contributed by atoms with Gasteiger partial charge < -0.3 is 10.2 Å². The summed E-state index contributed by atoms with van der Waals surface area (Å²) in [7, 11) is 0. The van der Waals surface area contributed by atoms with Gasteiger partial charge in [-0.15, -0.1) is 11.3 Å². The van der Waals surface area contributed by atoms with E-state index in [9.17, 15) is 18.4 Å². The molecule has 1 aromatic carbocycles. The highest BCUT2D eigenvalue weighted by Gasteiger charge is 2.18. The highest BCUT2D eigenvalue weighted by molar-refractivity contribution is 7.14. The monoisotopic (exact) mass is 422 g/mol. The van der Waals surface area contributed by atoms with Crippen molar-refractivity contribution >= 4 is 28.3 Å². The zero-order valence-electron chi connectivity index (χ0n) is 16.2. The van der Waals surface area contributed by atoms with Crippen molar-refractivity contribution in [2.24, 2.45) is 0 Å². The summed E-state index contributed by atoms with van der Waals surface area (Å²) >= 11 is 1.07. The molecule has 9 heteroatoms. The fourth-order valence-corrected chi connectivity index (χ4v) is 4.04. The fourth-order valence-electron chi connectivity index (χ4n) is 3.35. The topological polar surface area (TPSA) is 74.3 Å². The first-order chi connectivity index (χ1) is 13.9. The Kier molecular flexibility index (Phi) is 7.27. The molecule has 0 bridgehead atoms. The number of halogens is 2. The molecule has 0 saturated carbocycles. The number of rotatable bonds is 7. The van der Waals surface area contributed by atoms with E-state index < -0.39 is 17.5 Å². The summed E-state index contributed by atoms with van der Waals surface area (Å²) in [5, 5.41) is 7.00. The van der Waals surface area contributed by atoms with Crippen molar-refractivity contribution in [1.82, 2.24) is 15.2 Å². The minimum absolute atomic E-state index is 0.157. The molecule has 0 radical (unpaired) electrons. The number of benzene rings is 1. The van der Waals surface area contributed by atoms with Crippen LogP contribution in [0, 0.1) is 11.6 Å². The zero-order valence-corrected chi connectivity index (χ0v) is 17.0. The third kappa shape index (κ3) is 6.04. The number of thiazole rings is 1. The Balaban J connectivity index is 1.46. The SMILES string of the molecule is CC1CCCCN1CCCNC(=O)c1csc(NC(=O)c2cc(F)cc(F)c2)n1. The summed E-state index contributed by atoms with van der Waals surface area (Å²) in [5.74, 6) is -2.69. The van der Waals surface area contributed by atoms with Crippen LogP contribution < -0.4 is 10.6 Å². The number of hydrogen-bond donors (Lipinski definition) is 2. The van der Waals surface area contributed by atoms with Crippen molar-refractivity contribution in [1.29, 1.82) is 0 Å². The van der Waals surface area contributed by atoms with Crippen LogP contribution in [0.1, 0.15) is 53.5 Å². The van der Waals surface area contributed by atoms with Gasteiger partial charge in [0.25, 0.3) is 11.8 Å². The minimum Gasteiger partial charge on any atom is -0.351 e. The molecule has 0 spiro atoms. The lowest BCUT2D eigenvalue weighted by atomic mass is 10.0. The molecule has 1 unspecified atom stereocenters. The summed E-state index contributed by atoms with van der Waals surface area (Å²) in [5.41, 5.74) is 0.0395.